The Morgan fingerprint density at radius 3 is 2.80 bits per heavy atom. The SMILES string of the molecule is O=C(CO)NC[C@H]1CN(c2ccc(N3CCOCC3)c(F)c2)C(=O)O1. The van der Waals surface area contributed by atoms with Gasteiger partial charge in [0.1, 0.15) is 18.5 Å². The van der Waals surface area contributed by atoms with E-state index in [0.29, 0.717) is 37.7 Å². The van der Waals surface area contributed by atoms with Gasteiger partial charge in [-0.05, 0) is 18.2 Å². The van der Waals surface area contributed by atoms with Crippen molar-refractivity contribution in [3.63, 3.8) is 0 Å². The third-order valence-electron chi connectivity index (χ3n) is 4.14. The molecule has 2 fully saturated rings. The fourth-order valence-corrected chi connectivity index (χ4v) is 2.85. The molecule has 2 aliphatic rings. The van der Waals surface area contributed by atoms with E-state index in [4.69, 9.17) is 14.6 Å². The number of amides is 2. The van der Waals surface area contributed by atoms with Gasteiger partial charge in [0.25, 0.3) is 0 Å². The number of halogens is 1. The molecule has 2 saturated heterocycles. The van der Waals surface area contributed by atoms with E-state index in [9.17, 15) is 14.0 Å². The maximum atomic E-state index is 14.5. The summed E-state index contributed by atoms with van der Waals surface area (Å²) in [4.78, 5) is 26.3. The minimum absolute atomic E-state index is 0.0932. The van der Waals surface area contributed by atoms with Crippen molar-refractivity contribution in [1.82, 2.24) is 5.32 Å². The highest BCUT2D eigenvalue weighted by atomic mass is 19.1. The van der Waals surface area contributed by atoms with E-state index in [2.05, 4.69) is 5.32 Å². The lowest BCUT2D eigenvalue weighted by Crippen LogP contribution is -2.37. The molecule has 9 heteroatoms. The van der Waals surface area contributed by atoms with Crippen LogP contribution in [0.5, 0.6) is 0 Å². The third kappa shape index (κ3) is 3.99. The molecule has 2 heterocycles. The lowest BCUT2D eigenvalue weighted by atomic mass is 10.2. The van der Waals surface area contributed by atoms with Crippen LogP contribution in [0.1, 0.15) is 0 Å². The molecule has 1 aromatic rings. The van der Waals surface area contributed by atoms with Crippen LogP contribution in [0.3, 0.4) is 0 Å². The molecule has 25 heavy (non-hydrogen) atoms. The molecule has 0 saturated carbocycles. The first kappa shape index (κ1) is 17.4. The predicted molar refractivity (Wildman–Crippen MR) is 87.1 cm³/mol. The Morgan fingerprint density at radius 1 is 1.36 bits per heavy atom. The number of carbonyl (C=O) groups excluding carboxylic acids is 2. The standard InChI is InChI=1S/C16H20FN3O5/c17-13-7-11(1-2-14(13)19-3-5-24-6-4-19)20-9-12(25-16(20)23)8-18-15(22)10-21/h1-2,7,12,21H,3-6,8-10H2,(H,18,22)/t12-/m0/s1. The summed E-state index contributed by atoms with van der Waals surface area (Å²) in [6, 6.07) is 4.62. The van der Waals surface area contributed by atoms with Crippen molar-refractivity contribution in [3.05, 3.63) is 24.0 Å². The molecular formula is C16H20FN3O5. The normalized spacial score (nSPS) is 20.6. The summed E-state index contributed by atoms with van der Waals surface area (Å²) in [5, 5.41) is 11.1. The number of aliphatic hydroxyl groups is 1. The van der Waals surface area contributed by atoms with Gasteiger partial charge in [-0.2, -0.15) is 0 Å². The van der Waals surface area contributed by atoms with Gasteiger partial charge in [0, 0.05) is 13.1 Å². The first-order chi connectivity index (χ1) is 12.1. The van der Waals surface area contributed by atoms with Crippen LogP contribution in [0.15, 0.2) is 18.2 Å². The van der Waals surface area contributed by atoms with Crippen LogP contribution in [0, 0.1) is 5.82 Å². The summed E-state index contributed by atoms with van der Waals surface area (Å²) in [6.07, 6.45) is -1.15. The quantitative estimate of drug-likeness (QED) is 0.780. The number of nitrogens with one attached hydrogen (secondary N) is 1. The molecule has 1 atom stereocenters. The Morgan fingerprint density at radius 2 is 2.12 bits per heavy atom. The van der Waals surface area contributed by atoms with E-state index in [1.54, 1.807) is 12.1 Å². The number of ether oxygens (including phenoxy) is 2. The molecule has 0 aliphatic carbocycles. The number of hydrogen-bond donors (Lipinski definition) is 2. The number of benzene rings is 1. The van der Waals surface area contributed by atoms with Crippen molar-refractivity contribution < 1.29 is 28.6 Å². The van der Waals surface area contributed by atoms with E-state index >= 15 is 0 Å². The zero-order valence-corrected chi connectivity index (χ0v) is 13.6. The Bertz CT molecular complexity index is 651. The number of carbonyl (C=O) groups is 2. The zero-order chi connectivity index (χ0) is 17.8. The molecular weight excluding hydrogens is 333 g/mol. The molecule has 0 radical (unpaired) electrons. The maximum Gasteiger partial charge on any atom is 0.414 e. The predicted octanol–water partition coefficient (Wildman–Crippen LogP) is 0.0960. The highest BCUT2D eigenvalue weighted by molar-refractivity contribution is 5.90. The minimum Gasteiger partial charge on any atom is -0.442 e. The van der Waals surface area contributed by atoms with Gasteiger partial charge in [0.2, 0.25) is 5.91 Å². The number of rotatable bonds is 5. The lowest BCUT2D eigenvalue weighted by Gasteiger charge is -2.29. The lowest BCUT2D eigenvalue weighted by molar-refractivity contribution is -0.124. The summed E-state index contributed by atoms with van der Waals surface area (Å²) in [6.45, 7) is 2.01. The van der Waals surface area contributed by atoms with E-state index in [-0.39, 0.29) is 13.1 Å². The van der Waals surface area contributed by atoms with Gasteiger partial charge in [-0.15, -0.1) is 0 Å². The van der Waals surface area contributed by atoms with Crippen LogP contribution >= 0.6 is 0 Å². The van der Waals surface area contributed by atoms with Crippen molar-refractivity contribution in [2.45, 2.75) is 6.10 Å². The molecule has 0 aromatic heterocycles. The van der Waals surface area contributed by atoms with Gasteiger partial charge in [-0.1, -0.05) is 0 Å². The van der Waals surface area contributed by atoms with Crippen molar-refractivity contribution >= 4 is 23.4 Å². The van der Waals surface area contributed by atoms with Gasteiger partial charge < -0.3 is 24.8 Å². The van der Waals surface area contributed by atoms with Crippen LogP contribution in [-0.2, 0) is 14.3 Å². The first-order valence-corrected chi connectivity index (χ1v) is 8.06. The highest BCUT2D eigenvalue weighted by Crippen LogP contribution is 2.28. The summed E-state index contributed by atoms with van der Waals surface area (Å²) in [5.41, 5.74) is 0.877. The van der Waals surface area contributed by atoms with Crippen LogP contribution in [0.2, 0.25) is 0 Å². The number of morpholine rings is 1. The van der Waals surface area contributed by atoms with Gasteiger partial charge in [0.05, 0.1) is 37.7 Å². The molecule has 1 aromatic carbocycles. The molecule has 136 valence electrons. The van der Waals surface area contributed by atoms with Crippen LogP contribution < -0.4 is 15.1 Å². The van der Waals surface area contributed by atoms with Gasteiger partial charge >= 0.3 is 6.09 Å². The Balaban J connectivity index is 1.66. The van der Waals surface area contributed by atoms with Crippen molar-refractivity contribution in [3.8, 4) is 0 Å². The Kier molecular flexibility index (Phi) is 5.34. The molecule has 2 N–H and O–H groups in total. The molecule has 2 aliphatic heterocycles. The average molecular weight is 353 g/mol. The molecule has 3 rings (SSSR count). The van der Waals surface area contributed by atoms with Gasteiger partial charge in [-0.3, -0.25) is 9.69 Å². The van der Waals surface area contributed by atoms with Crippen molar-refractivity contribution in [2.24, 2.45) is 0 Å². The molecule has 0 unspecified atom stereocenters. The summed E-state index contributed by atoms with van der Waals surface area (Å²) < 4.78 is 24.9. The Labute approximate surface area is 144 Å². The second-order valence-corrected chi connectivity index (χ2v) is 5.81. The topological polar surface area (TPSA) is 91.3 Å². The highest BCUT2D eigenvalue weighted by Gasteiger charge is 2.33. The van der Waals surface area contributed by atoms with Gasteiger partial charge in [-0.25, -0.2) is 9.18 Å². The average Bonchev–Trinajstić information content (AvgIpc) is 3.01. The molecule has 0 bridgehead atoms. The number of hydrogen-bond acceptors (Lipinski definition) is 6. The second-order valence-electron chi connectivity index (χ2n) is 5.81. The number of aliphatic hydroxyl groups excluding tert-OH is 1. The van der Waals surface area contributed by atoms with Crippen LogP contribution in [0.25, 0.3) is 0 Å². The number of nitrogens with zero attached hydrogens (tertiary/aromatic N) is 2. The Hall–Kier alpha value is -2.39. The smallest absolute Gasteiger partial charge is 0.414 e. The van der Waals surface area contributed by atoms with Crippen LogP contribution in [-0.4, -0.2) is 69.2 Å². The molecule has 8 nitrogen and oxygen atoms in total. The molecule has 2 amide bonds. The van der Waals surface area contributed by atoms with E-state index in [1.165, 1.54) is 11.0 Å². The maximum absolute atomic E-state index is 14.5. The fourth-order valence-electron chi connectivity index (χ4n) is 2.85. The zero-order valence-electron chi connectivity index (χ0n) is 13.6. The molecule has 0 spiro atoms. The summed E-state index contributed by atoms with van der Waals surface area (Å²) in [7, 11) is 0. The fraction of sp³-hybridized carbons (Fsp3) is 0.500. The van der Waals surface area contributed by atoms with E-state index in [0.717, 1.165) is 0 Å². The monoisotopic (exact) mass is 353 g/mol. The number of anilines is 2. The van der Waals surface area contributed by atoms with E-state index < -0.39 is 30.5 Å². The minimum atomic E-state index is -0.626. The van der Waals surface area contributed by atoms with Crippen molar-refractivity contribution in [2.75, 3.05) is 55.8 Å². The third-order valence-corrected chi connectivity index (χ3v) is 4.14. The van der Waals surface area contributed by atoms with Crippen molar-refractivity contribution in [1.29, 1.82) is 0 Å². The first-order valence-electron chi connectivity index (χ1n) is 8.06. The summed E-state index contributed by atoms with van der Waals surface area (Å²) in [5.74, 6) is -0.959. The van der Waals surface area contributed by atoms with E-state index in [1.807, 2.05) is 4.90 Å². The summed E-state index contributed by atoms with van der Waals surface area (Å²) >= 11 is 0. The van der Waals surface area contributed by atoms with Crippen LogP contribution in [0.4, 0.5) is 20.6 Å². The second kappa shape index (κ2) is 7.66. The van der Waals surface area contributed by atoms with Gasteiger partial charge in [0.15, 0.2) is 0 Å². The number of cyclic esters (lactones) is 1. The largest absolute Gasteiger partial charge is 0.442 e.